The number of aliphatic hydroxyl groups excluding tert-OH is 9. The molecule has 0 aromatic carbocycles. The normalized spacial score (nSPS) is 42.2. The van der Waals surface area contributed by atoms with Crippen LogP contribution in [-0.4, -0.2) is 148 Å². The molecule has 12 N–H and O–H groups in total. The molecule has 1 saturated carbocycles. The van der Waals surface area contributed by atoms with Crippen LogP contribution in [0.2, 0.25) is 0 Å². The lowest BCUT2D eigenvalue weighted by Crippen LogP contribution is -2.57. The van der Waals surface area contributed by atoms with E-state index in [0.717, 1.165) is 0 Å². The first-order chi connectivity index (χ1) is 30.7. The van der Waals surface area contributed by atoms with Gasteiger partial charge in [-0.25, -0.2) is 0 Å². The molecule has 0 radical (unpaired) electrons. The van der Waals surface area contributed by atoms with Crippen LogP contribution < -0.4 is 5.73 Å². The van der Waals surface area contributed by atoms with E-state index < -0.39 is 110 Å². The number of hydrogen-bond acceptors (Lipinski definition) is 14. The number of ether oxygens (including phenoxy) is 2. The number of allylic oxidation sites excluding steroid dienone is 13. The van der Waals surface area contributed by atoms with Crippen molar-refractivity contribution in [3.05, 3.63) is 85.1 Å². The second-order valence-electron chi connectivity index (χ2n) is 18.8. The highest BCUT2D eigenvalue weighted by Gasteiger charge is 2.47. The van der Waals surface area contributed by atoms with Crippen LogP contribution in [0.4, 0.5) is 0 Å². The van der Waals surface area contributed by atoms with E-state index in [1.165, 1.54) is 0 Å². The zero-order valence-electron chi connectivity index (χ0n) is 38.7. The number of carboxylic acids is 1. The van der Waals surface area contributed by atoms with E-state index in [9.17, 15) is 60.7 Å². The van der Waals surface area contributed by atoms with Crippen molar-refractivity contribution in [2.75, 3.05) is 0 Å². The Bertz CT molecular complexity index is 1640. The molecule has 3 rings (SSSR count). The largest absolute Gasteiger partial charge is 0.481 e. The molecule has 15 nitrogen and oxygen atoms in total. The minimum atomic E-state index is -1.73. The summed E-state index contributed by atoms with van der Waals surface area (Å²) in [5.41, 5.74) is 6.00. The molecule has 368 valence electrons. The highest BCUT2D eigenvalue weighted by Crippen LogP contribution is 2.35. The van der Waals surface area contributed by atoms with E-state index in [4.69, 9.17) is 15.2 Å². The van der Waals surface area contributed by atoms with Gasteiger partial charge in [-0.2, -0.15) is 0 Å². The summed E-state index contributed by atoms with van der Waals surface area (Å²) in [5, 5.41) is 108. The van der Waals surface area contributed by atoms with E-state index in [1.807, 2.05) is 55.5 Å². The standard InChI is InChI=1S/C50H79NO14/c1-29-18-16-14-12-10-8-6-7-9-11-13-15-17-19-37(64-43-28-41(58)47(51)48(60)33(43)5)25-44-46(50(62)63)40(57)27-45(65-44)49(61)42(59)26-39(56)38(55)21-20-34(52)23-36(54)24-35(53)22-30(2)32(4)31(29)3/h6-19,29-34,36-49,52,54-61H,20-28,51H2,1-5H3,(H,62,63)/t29-,30+,31+,32-,33?,34+,36+,37-,38+,39+,40-,41?,42-,43?,44-,45?,46+,47?,48?,49+/m0/s1. The van der Waals surface area contributed by atoms with Crippen molar-refractivity contribution >= 4 is 11.8 Å². The van der Waals surface area contributed by atoms with Gasteiger partial charge in [0.2, 0.25) is 0 Å². The molecule has 2 heterocycles. The fourth-order valence-corrected chi connectivity index (χ4v) is 8.96. The zero-order chi connectivity index (χ0) is 48.4. The van der Waals surface area contributed by atoms with E-state index in [2.05, 4.69) is 26.8 Å². The van der Waals surface area contributed by atoms with Crippen molar-refractivity contribution in [1.29, 1.82) is 0 Å². The Morgan fingerprint density at radius 2 is 1.14 bits per heavy atom. The van der Waals surface area contributed by atoms with Crippen molar-refractivity contribution < 1.29 is 70.1 Å². The molecule has 3 aliphatic rings. The van der Waals surface area contributed by atoms with Crippen LogP contribution in [0.3, 0.4) is 0 Å². The number of rotatable bonds is 3. The summed E-state index contributed by atoms with van der Waals surface area (Å²) in [6.45, 7) is 10.2. The Kier molecular flexibility index (Phi) is 24.4. The predicted octanol–water partition coefficient (Wildman–Crippen LogP) is 2.96. The summed E-state index contributed by atoms with van der Waals surface area (Å²) in [6, 6.07) is -0.888. The Labute approximate surface area is 385 Å². The number of carbonyl (C=O) groups excluding carboxylic acids is 1. The lowest BCUT2D eigenvalue weighted by atomic mass is 9.76. The van der Waals surface area contributed by atoms with Gasteiger partial charge < -0.3 is 66.3 Å². The second-order valence-corrected chi connectivity index (χ2v) is 18.8. The van der Waals surface area contributed by atoms with E-state index in [-0.39, 0.29) is 80.8 Å². The average Bonchev–Trinajstić information content (AvgIpc) is 3.24. The third kappa shape index (κ3) is 18.5. The first-order valence-electron chi connectivity index (χ1n) is 23.3. The molecule has 2 fully saturated rings. The number of ketones is 1. The van der Waals surface area contributed by atoms with Crippen molar-refractivity contribution in [2.45, 2.75) is 178 Å². The summed E-state index contributed by atoms with van der Waals surface area (Å²) in [5.74, 6) is -2.65. The lowest BCUT2D eigenvalue weighted by molar-refractivity contribution is -0.206. The van der Waals surface area contributed by atoms with E-state index in [0.29, 0.717) is 0 Å². The maximum atomic E-state index is 12.9. The number of Topliss-reactive ketones (excluding diaryl/α,β-unsaturated/α-hetero) is 1. The number of carboxylic acid groups (broad SMARTS) is 1. The third-order valence-electron chi connectivity index (χ3n) is 13.7. The number of fused-ring (bicyclic) bond motifs is 2. The SMILES string of the molecule is CC1C(O[C@H]2C=CC=CC=CC=CC=CC=CC=C[C@H](C)[C@@H](C)[C@@H](C)[C@H](C)CC(=O)C[C@H](O)C[C@H](O)CC[C@@H](O)[C@H](O)C[C@H](O)[C@@H](O)C3C[C@H](O)[C@@H](C(=O)O)[C@H](C2)O3)CC(O)C(N)C1O. The van der Waals surface area contributed by atoms with Crippen LogP contribution in [0, 0.1) is 35.5 Å². The van der Waals surface area contributed by atoms with E-state index in [1.54, 1.807) is 37.3 Å². The number of hydrogen-bond donors (Lipinski definition) is 11. The van der Waals surface area contributed by atoms with Crippen LogP contribution in [0.25, 0.3) is 0 Å². The van der Waals surface area contributed by atoms with Gasteiger partial charge in [-0.05, 0) is 42.9 Å². The van der Waals surface area contributed by atoms with Crippen LogP contribution >= 0.6 is 0 Å². The van der Waals surface area contributed by atoms with Crippen molar-refractivity contribution in [3.8, 4) is 0 Å². The minimum absolute atomic E-state index is 0.0360. The van der Waals surface area contributed by atoms with Gasteiger partial charge in [0.1, 0.15) is 17.8 Å². The topological polar surface area (TPSA) is 281 Å². The van der Waals surface area contributed by atoms with Crippen LogP contribution in [0.1, 0.15) is 92.4 Å². The molecule has 65 heavy (non-hydrogen) atoms. The van der Waals surface area contributed by atoms with Gasteiger partial charge in [0.05, 0.1) is 79.3 Å². The van der Waals surface area contributed by atoms with Crippen molar-refractivity contribution in [3.63, 3.8) is 0 Å². The van der Waals surface area contributed by atoms with Gasteiger partial charge in [-0.1, -0.05) is 120 Å². The Morgan fingerprint density at radius 3 is 1.72 bits per heavy atom. The smallest absolute Gasteiger partial charge is 0.311 e. The van der Waals surface area contributed by atoms with Crippen LogP contribution in [0.15, 0.2) is 85.1 Å². The van der Waals surface area contributed by atoms with Crippen molar-refractivity contribution in [2.24, 2.45) is 41.2 Å². The summed E-state index contributed by atoms with van der Waals surface area (Å²) >= 11 is 0. The Morgan fingerprint density at radius 1 is 0.569 bits per heavy atom. The van der Waals surface area contributed by atoms with Gasteiger partial charge in [-0.15, -0.1) is 0 Å². The summed E-state index contributed by atoms with van der Waals surface area (Å²) in [4.78, 5) is 25.4. The highest BCUT2D eigenvalue weighted by molar-refractivity contribution is 5.79. The van der Waals surface area contributed by atoms with Gasteiger partial charge in [0.15, 0.2) is 0 Å². The summed E-state index contributed by atoms with van der Waals surface area (Å²) < 4.78 is 12.5. The second kappa shape index (κ2) is 28.2. The van der Waals surface area contributed by atoms with Gasteiger partial charge >= 0.3 is 5.97 Å². The average molecular weight is 918 g/mol. The molecule has 15 heteroatoms. The molecule has 2 bridgehead atoms. The van der Waals surface area contributed by atoms with Crippen molar-refractivity contribution in [1.82, 2.24) is 0 Å². The monoisotopic (exact) mass is 918 g/mol. The molecule has 0 aromatic rings. The van der Waals surface area contributed by atoms with Gasteiger partial charge in [0, 0.05) is 44.4 Å². The van der Waals surface area contributed by atoms with Gasteiger partial charge in [-0.3, -0.25) is 9.59 Å². The molecular weight excluding hydrogens is 839 g/mol. The molecule has 0 spiro atoms. The molecule has 0 amide bonds. The molecule has 20 atom stereocenters. The Hall–Kier alpha value is -3.16. The highest BCUT2D eigenvalue weighted by atomic mass is 16.5. The summed E-state index contributed by atoms with van der Waals surface area (Å²) in [6.07, 6.45) is 8.40. The third-order valence-corrected chi connectivity index (χ3v) is 13.7. The fraction of sp³-hybridized carbons (Fsp3) is 0.680. The zero-order valence-corrected chi connectivity index (χ0v) is 38.7. The number of aliphatic carboxylic acids is 1. The number of aliphatic hydroxyl groups is 9. The molecule has 6 unspecified atom stereocenters. The molecule has 1 saturated heterocycles. The maximum absolute atomic E-state index is 12.9. The summed E-state index contributed by atoms with van der Waals surface area (Å²) in [7, 11) is 0. The van der Waals surface area contributed by atoms with Gasteiger partial charge in [0.25, 0.3) is 0 Å². The fourth-order valence-electron chi connectivity index (χ4n) is 8.96. The molecular formula is C50H79NO14. The molecule has 2 aliphatic heterocycles. The van der Waals surface area contributed by atoms with Crippen LogP contribution in [-0.2, 0) is 19.1 Å². The number of nitrogens with two attached hydrogens (primary N) is 1. The van der Waals surface area contributed by atoms with Crippen LogP contribution in [0.5, 0.6) is 0 Å². The Balaban J connectivity index is 1.86. The number of carbonyl (C=O) groups is 2. The first kappa shape index (κ1) is 56.2. The lowest BCUT2D eigenvalue weighted by Gasteiger charge is -2.43. The maximum Gasteiger partial charge on any atom is 0.311 e. The quantitative estimate of drug-likeness (QED) is 0.194. The predicted molar refractivity (Wildman–Crippen MR) is 247 cm³/mol. The molecule has 0 aromatic heterocycles. The minimum Gasteiger partial charge on any atom is -0.481 e. The first-order valence-corrected chi connectivity index (χ1v) is 23.3. The van der Waals surface area contributed by atoms with E-state index >= 15 is 0 Å². The molecule has 1 aliphatic carbocycles.